The number of ether oxygens (including phenoxy) is 1. The van der Waals surface area contributed by atoms with Gasteiger partial charge in [0.2, 0.25) is 0 Å². The van der Waals surface area contributed by atoms with Crippen molar-refractivity contribution in [3.63, 3.8) is 0 Å². The zero-order valence-corrected chi connectivity index (χ0v) is 12.2. The number of aromatic nitrogens is 2. The third-order valence-corrected chi connectivity index (χ3v) is 3.79. The summed E-state index contributed by atoms with van der Waals surface area (Å²) in [6.45, 7) is 3.72. The van der Waals surface area contributed by atoms with Gasteiger partial charge in [-0.1, -0.05) is 15.9 Å². The Balaban J connectivity index is 2.31. The van der Waals surface area contributed by atoms with Gasteiger partial charge in [0.1, 0.15) is 5.75 Å². The van der Waals surface area contributed by atoms with Crippen LogP contribution in [0.2, 0.25) is 0 Å². The van der Waals surface area contributed by atoms with Gasteiger partial charge in [-0.15, -0.1) is 0 Å². The molecule has 0 fully saturated rings. The Labute approximate surface area is 122 Å². The van der Waals surface area contributed by atoms with Crippen molar-refractivity contribution in [2.45, 2.75) is 20.0 Å². The highest BCUT2D eigenvalue weighted by atomic mass is 79.9. The average molecular weight is 347 g/mol. The van der Waals surface area contributed by atoms with Gasteiger partial charge >= 0.3 is 12.2 Å². The highest BCUT2D eigenvalue weighted by Crippen LogP contribution is 2.30. The zero-order valence-electron chi connectivity index (χ0n) is 10.6. The smallest absolute Gasteiger partial charge is 0.424 e. The Morgan fingerprint density at radius 1 is 1.15 bits per heavy atom. The summed E-state index contributed by atoms with van der Waals surface area (Å²) in [5, 5.41) is 0. The predicted octanol–water partition coefficient (Wildman–Crippen LogP) is 4.67. The van der Waals surface area contributed by atoms with Crippen LogP contribution in [-0.2, 0) is 6.18 Å². The van der Waals surface area contributed by atoms with Crippen LogP contribution in [0.5, 0.6) is 11.8 Å². The second kappa shape index (κ2) is 5.40. The summed E-state index contributed by atoms with van der Waals surface area (Å²) in [4.78, 5) is 7.04. The van der Waals surface area contributed by atoms with E-state index in [0.29, 0.717) is 5.75 Å². The monoisotopic (exact) mass is 346 g/mol. The summed E-state index contributed by atoms with van der Waals surface area (Å²) < 4.78 is 43.8. The lowest BCUT2D eigenvalue weighted by Gasteiger charge is -2.10. The SMILES string of the molecule is Cc1cc(Oc2nccc(C(F)(F)F)n2)cc(C)c1Br. The quantitative estimate of drug-likeness (QED) is 0.792. The van der Waals surface area contributed by atoms with E-state index in [9.17, 15) is 13.2 Å². The molecule has 0 saturated heterocycles. The molecule has 0 N–H and O–H groups in total. The third kappa shape index (κ3) is 3.27. The molecule has 3 nitrogen and oxygen atoms in total. The second-order valence-electron chi connectivity index (χ2n) is 4.20. The summed E-state index contributed by atoms with van der Waals surface area (Å²) >= 11 is 3.40. The predicted molar refractivity (Wildman–Crippen MR) is 70.7 cm³/mol. The van der Waals surface area contributed by atoms with Crippen LogP contribution in [0.4, 0.5) is 13.2 Å². The molecule has 106 valence electrons. The molecule has 0 aliphatic rings. The molecule has 2 rings (SSSR count). The molecule has 0 aliphatic heterocycles. The molecule has 1 aromatic heterocycles. The number of rotatable bonds is 2. The first-order chi connectivity index (χ1) is 9.27. The van der Waals surface area contributed by atoms with Crippen molar-refractivity contribution in [2.24, 2.45) is 0 Å². The molecule has 0 spiro atoms. The van der Waals surface area contributed by atoms with Gasteiger partial charge in [-0.05, 0) is 43.2 Å². The van der Waals surface area contributed by atoms with Gasteiger partial charge in [0.05, 0.1) is 0 Å². The van der Waals surface area contributed by atoms with Crippen LogP contribution in [0.1, 0.15) is 16.8 Å². The summed E-state index contributed by atoms with van der Waals surface area (Å²) in [5.41, 5.74) is 0.784. The van der Waals surface area contributed by atoms with Crippen LogP contribution in [0.3, 0.4) is 0 Å². The van der Waals surface area contributed by atoms with Gasteiger partial charge in [-0.25, -0.2) is 4.98 Å². The standard InChI is InChI=1S/C13H10BrF3N2O/c1-7-5-9(6-8(2)11(7)14)20-12-18-4-3-10(19-12)13(15,16)17/h3-6H,1-2H3. The maximum absolute atomic E-state index is 12.5. The van der Waals surface area contributed by atoms with E-state index in [1.807, 2.05) is 13.8 Å². The van der Waals surface area contributed by atoms with Gasteiger partial charge in [-0.2, -0.15) is 18.2 Å². The number of hydrogen-bond acceptors (Lipinski definition) is 3. The first kappa shape index (κ1) is 14.8. The minimum atomic E-state index is -4.52. The van der Waals surface area contributed by atoms with Gasteiger partial charge in [0.25, 0.3) is 0 Å². The summed E-state index contributed by atoms with van der Waals surface area (Å²) in [5.74, 6) is 0.391. The lowest BCUT2D eigenvalue weighted by Crippen LogP contribution is -2.08. The van der Waals surface area contributed by atoms with Gasteiger partial charge < -0.3 is 4.74 Å². The molecular weight excluding hydrogens is 337 g/mol. The van der Waals surface area contributed by atoms with Crippen LogP contribution in [-0.4, -0.2) is 9.97 Å². The van der Waals surface area contributed by atoms with Crippen molar-refractivity contribution >= 4 is 15.9 Å². The van der Waals surface area contributed by atoms with Crippen LogP contribution >= 0.6 is 15.9 Å². The molecule has 7 heteroatoms. The van der Waals surface area contributed by atoms with Crippen LogP contribution < -0.4 is 4.74 Å². The fourth-order valence-corrected chi connectivity index (χ4v) is 1.85. The van der Waals surface area contributed by atoms with Crippen molar-refractivity contribution in [1.82, 2.24) is 9.97 Å². The van der Waals surface area contributed by atoms with Gasteiger partial charge in [0.15, 0.2) is 5.69 Å². The Bertz CT molecular complexity index is 621. The highest BCUT2D eigenvalue weighted by Gasteiger charge is 2.33. The van der Waals surface area contributed by atoms with Crippen LogP contribution in [0.25, 0.3) is 0 Å². The molecule has 1 aromatic carbocycles. The maximum Gasteiger partial charge on any atom is 0.433 e. The Hall–Kier alpha value is -1.63. The number of benzene rings is 1. The lowest BCUT2D eigenvalue weighted by atomic mass is 10.1. The fourth-order valence-electron chi connectivity index (χ4n) is 1.62. The largest absolute Gasteiger partial charge is 0.433 e. The molecule has 0 atom stereocenters. The first-order valence-corrected chi connectivity index (χ1v) is 6.41. The van der Waals surface area contributed by atoms with E-state index in [0.717, 1.165) is 27.9 Å². The van der Waals surface area contributed by atoms with E-state index in [4.69, 9.17) is 4.74 Å². The van der Waals surface area contributed by atoms with Crippen LogP contribution in [0, 0.1) is 13.8 Å². The summed E-state index contributed by atoms with van der Waals surface area (Å²) in [7, 11) is 0. The number of aryl methyl sites for hydroxylation is 2. The molecule has 0 radical (unpaired) electrons. The van der Waals surface area contributed by atoms with E-state index in [1.54, 1.807) is 12.1 Å². The molecule has 0 unspecified atom stereocenters. The third-order valence-electron chi connectivity index (χ3n) is 2.54. The molecule has 20 heavy (non-hydrogen) atoms. The minimum absolute atomic E-state index is 0.332. The van der Waals surface area contributed by atoms with E-state index in [1.165, 1.54) is 0 Å². The lowest BCUT2D eigenvalue weighted by molar-refractivity contribution is -0.141. The molecule has 0 saturated carbocycles. The number of halogens is 4. The van der Waals surface area contributed by atoms with E-state index in [-0.39, 0.29) is 6.01 Å². The Morgan fingerprint density at radius 2 is 1.75 bits per heavy atom. The van der Waals surface area contributed by atoms with Crippen molar-refractivity contribution in [2.75, 3.05) is 0 Å². The normalized spacial score (nSPS) is 11.5. The van der Waals surface area contributed by atoms with Crippen molar-refractivity contribution < 1.29 is 17.9 Å². The van der Waals surface area contributed by atoms with Gasteiger partial charge in [-0.3, -0.25) is 0 Å². The van der Waals surface area contributed by atoms with Crippen molar-refractivity contribution in [1.29, 1.82) is 0 Å². The minimum Gasteiger partial charge on any atom is -0.424 e. The maximum atomic E-state index is 12.5. The molecular formula is C13H10BrF3N2O. The topological polar surface area (TPSA) is 35.0 Å². The Morgan fingerprint density at radius 3 is 2.30 bits per heavy atom. The summed E-state index contributed by atoms with van der Waals surface area (Å²) in [6, 6.07) is 3.85. The van der Waals surface area contributed by atoms with E-state index < -0.39 is 11.9 Å². The number of hydrogen-bond donors (Lipinski definition) is 0. The molecule has 1 heterocycles. The second-order valence-corrected chi connectivity index (χ2v) is 4.99. The highest BCUT2D eigenvalue weighted by molar-refractivity contribution is 9.10. The fraction of sp³-hybridized carbons (Fsp3) is 0.231. The van der Waals surface area contributed by atoms with Crippen molar-refractivity contribution in [3.05, 3.63) is 45.7 Å². The first-order valence-electron chi connectivity index (χ1n) is 5.62. The Kier molecular flexibility index (Phi) is 3.99. The van der Waals surface area contributed by atoms with Crippen LogP contribution in [0.15, 0.2) is 28.9 Å². The summed E-state index contributed by atoms with van der Waals surface area (Å²) in [6.07, 6.45) is -3.50. The van der Waals surface area contributed by atoms with E-state index >= 15 is 0 Å². The molecule has 0 bridgehead atoms. The molecule has 0 amide bonds. The number of nitrogens with zero attached hydrogens (tertiary/aromatic N) is 2. The molecule has 2 aromatic rings. The number of alkyl halides is 3. The zero-order chi connectivity index (χ0) is 14.9. The average Bonchev–Trinajstić information content (AvgIpc) is 2.35. The van der Waals surface area contributed by atoms with E-state index in [2.05, 4.69) is 25.9 Å². The molecule has 0 aliphatic carbocycles. The van der Waals surface area contributed by atoms with Gasteiger partial charge in [0, 0.05) is 10.7 Å². The van der Waals surface area contributed by atoms with Crippen molar-refractivity contribution in [3.8, 4) is 11.8 Å².